The van der Waals surface area contributed by atoms with E-state index in [4.69, 9.17) is 0 Å². The average Bonchev–Trinajstić information content (AvgIpc) is 2.75. The van der Waals surface area contributed by atoms with Gasteiger partial charge in [-0.3, -0.25) is 9.69 Å². The maximum absolute atomic E-state index is 13.4. The van der Waals surface area contributed by atoms with Gasteiger partial charge in [-0.2, -0.15) is 0 Å². The third-order valence-corrected chi connectivity index (χ3v) is 5.43. The summed E-state index contributed by atoms with van der Waals surface area (Å²) >= 11 is 0. The molecule has 3 aromatic rings. The summed E-state index contributed by atoms with van der Waals surface area (Å²) in [6.45, 7) is 4.11. The second-order valence-electron chi connectivity index (χ2n) is 7.42. The first kappa shape index (κ1) is 19.7. The number of nitrogens with zero attached hydrogens (tertiary/aromatic N) is 1. The zero-order chi connectivity index (χ0) is 21.3. The number of aliphatic hydroxyl groups is 1. The Morgan fingerprint density at radius 1 is 1.00 bits per heavy atom. The fraction of sp³-hybridized carbons (Fsp3) is 0.167. The third kappa shape index (κ3) is 3.31. The highest BCUT2D eigenvalue weighted by molar-refractivity contribution is 6.11. The molecule has 3 amide bonds. The van der Waals surface area contributed by atoms with Crippen LogP contribution in [0.5, 0.6) is 0 Å². The summed E-state index contributed by atoms with van der Waals surface area (Å²) in [7, 11) is 0. The van der Waals surface area contributed by atoms with Crippen molar-refractivity contribution in [2.24, 2.45) is 0 Å². The molecule has 0 saturated heterocycles. The Bertz CT molecular complexity index is 1110. The summed E-state index contributed by atoms with van der Waals surface area (Å²) in [6, 6.07) is 21.0. The molecule has 6 nitrogen and oxygen atoms in total. The van der Waals surface area contributed by atoms with Crippen molar-refractivity contribution < 1.29 is 14.7 Å². The topological polar surface area (TPSA) is 81.7 Å². The van der Waals surface area contributed by atoms with E-state index in [1.165, 1.54) is 0 Å². The average molecular weight is 401 g/mol. The molecule has 0 saturated carbocycles. The molecule has 3 N–H and O–H groups in total. The quantitative estimate of drug-likeness (QED) is 0.622. The Kier molecular flexibility index (Phi) is 5.01. The van der Waals surface area contributed by atoms with Gasteiger partial charge in [0.25, 0.3) is 11.6 Å². The number of benzene rings is 3. The molecule has 0 aromatic heterocycles. The predicted octanol–water partition coefficient (Wildman–Crippen LogP) is 3.82. The number of hydrogen-bond acceptors (Lipinski definition) is 3. The number of carbonyl (C=O) groups excluding carboxylic acids is 2. The van der Waals surface area contributed by atoms with Crippen LogP contribution in [0.3, 0.4) is 0 Å². The lowest BCUT2D eigenvalue weighted by atomic mass is 9.94. The van der Waals surface area contributed by atoms with Gasteiger partial charge in [-0.25, -0.2) is 4.79 Å². The Labute approximate surface area is 175 Å². The van der Waals surface area contributed by atoms with Gasteiger partial charge in [0.1, 0.15) is 0 Å². The summed E-state index contributed by atoms with van der Waals surface area (Å²) in [5.41, 5.74) is 1.84. The number of urea groups is 1. The number of carbonyl (C=O) groups is 2. The van der Waals surface area contributed by atoms with E-state index in [2.05, 4.69) is 10.6 Å². The number of rotatable bonds is 4. The van der Waals surface area contributed by atoms with Gasteiger partial charge in [-0.15, -0.1) is 0 Å². The molecular formula is C24H23N3O3. The van der Waals surface area contributed by atoms with Crippen LogP contribution < -0.4 is 15.5 Å². The normalized spacial score (nSPS) is 17.8. The largest absolute Gasteiger partial charge is 0.359 e. The fourth-order valence-electron chi connectivity index (χ4n) is 3.63. The van der Waals surface area contributed by atoms with Crippen LogP contribution in [0.2, 0.25) is 0 Å². The van der Waals surface area contributed by atoms with Gasteiger partial charge in [0.15, 0.2) is 0 Å². The summed E-state index contributed by atoms with van der Waals surface area (Å²) in [5, 5.41) is 17.3. The van der Waals surface area contributed by atoms with Gasteiger partial charge in [-0.1, -0.05) is 54.6 Å². The maximum Gasteiger partial charge on any atom is 0.329 e. The van der Waals surface area contributed by atoms with Crippen molar-refractivity contribution in [3.63, 3.8) is 0 Å². The number of amides is 3. The zero-order valence-corrected chi connectivity index (χ0v) is 16.8. The standard InChI is InChI=1S/C24H23N3O3/c1-16-12-13-19(14-17(16)2)27-23(29)26-21-11-7-6-10-20(21)24(27,30)22(28)25-15-18-8-4-3-5-9-18/h3-14,30H,15H2,1-2H3,(H,25,28)(H,26,29). The van der Waals surface area contributed by atoms with E-state index in [0.717, 1.165) is 21.6 Å². The molecule has 3 aromatic carbocycles. The summed E-state index contributed by atoms with van der Waals surface area (Å²) in [6.07, 6.45) is 0. The maximum atomic E-state index is 13.4. The van der Waals surface area contributed by atoms with Crippen molar-refractivity contribution in [3.05, 3.63) is 95.1 Å². The van der Waals surface area contributed by atoms with Crippen molar-refractivity contribution in [1.82, 2.24) is 5.32 Å². The highest BCUT2D eigenvalue weighted by Crippen LogP contribution is 2.40. The van der Waals surface area contributed by atoms with E-state index in [9.17, 15) is 14.7 Å². The monoisotopic (exact) mass is 401 g/mol. The third-order valence-electron chi connectivity index (χ3n) is 5.43. The molecule has 1 aliphatic heterocycles. The molecule has 30 heavy (non-hydrogen) atoms. The van der Waals surface area contributed by atoms with E-state index in [1.54, 1.807) is 36.4 Å². The number of hydrogen-bond donors (Lipinski definition) is 3. The van der Waals surface area contributed by atoms with Gasteiger partial charge in [0.2, 0.25) is 0 Å². The molecule has 0 radical (unpaired) electrons. The van der Waals surface area contributed by atoms with Gasteiger partial charge in [-0.05, 0) is 48.7 Å². The van der Waals surface area contributed by atoms with Crippen LogP contribution in [-0.4, -0.2) is 17.0 Å². The molecule has 0 spiro atoms. The van der Waals surface area contributed by atoms with E-state index in [1.807, 2.05) is 50.2 Å². The Hall–Kier alpha value is -3.64. The van der Waals surface area contributed by atoms with Crippen molar-refractivity contribution in [2.75, 3.05) is 10.2 Å². The van der Waals surface area contributed by atoms with Crippen LogP contribution in [-0.2, 0) is 17.1 Å². The van der Waals surface area contributed by atoms with Crippen molar-refractivity contribution >= 4 is 23.3 Å². The van der Waals surface area contributed by atoms with Crippen LogP contribution in [0, 0.1) is 13.8 Å². The Morgan fingerprint density at radius 2 is 1.70 bits per heavy atom. The minimum Gasteiger partial charge on any atom is -0.359 e. The van der Waals surface area contributed by atoms with Crippen LogP contribution in [0.1, 0.15) is 22.3 Å². The van der Waals surface area contributed by atoms with Crippen molar-refractivity contribution in [2.45, 2.75) is 26.1 Å². The number of aryl methyl sites for hydroxylation is 2. The molecule has 1 atom stereocenters. The fourth-order valence-corrected chi connectivity index (χ4v) is 3.63. The minimum atomic E-state index is -2.20. The van der Waals surface area contributed by atoms with Gasteiger partial charge in [0.05, 0.1) is 5.69 Å². The molecule has 1 heterocycles. The number of nitrogens with one attached hydrogen (secondary N) is 2. The van der Waals surface area contributed by atoms with Crippen LogP contribution in [0.25, 0.3) is 0 Å². The number of anilines is 2. The van der Waals surface area contributed by atoms with Crippen LogP contribution in [0.15, 0.2) is 72.8 Å². The molecule has 0 fully saturated rings. The first-order valence-corrected chi connectivity index (χ1v) is 9.74. The van der Waals surface area contributed by atoms with Gasteiger partial charge < -0.3 is 15.7 Å². The van der Waals surface area contributed by atoms with E-state index in [0.29, 0.717) is 16.9 Å². The molecule has 0 bridgehead atoms. The van der Waals surface area contributed by atoms with E-state index in [-0.39, 0.29) is 6.54 Å². The highest BCUT2D eigenvalue weighted by atomic mass is 16.3. The lowest BCUT2D eigenvalue weighted by molar-refractivity contribution is -0.140. The Morgan fingerprint density at radius 3 is 2.43 bits per heavy atom. The molecule has 4 rings (SSSR count). The number of fused-ring (bicyclic) bond motifs is 1. The summed E-state index contributed by atoms with van der Waals surface area (Å²) in [5.74, 6) is -0.674. The molecule has 1 unspecified atom stereocenters. The summed E-state index contributed by atoms with van der Waals surface area (Å²) < 4.78 is 0. The van der Waals surface area contributed by atoms with Crippen LogP contribution >= 0.6 is 0 Å². The lowest BCUT2D eigenvalue weighted by Crippen LogP contribution is -2.62. The number of para-hydroxylation sites is 1. The second-order valence-corrected chi connectivity index (χ2v) is 7.42. The second kappa shape index (κ2) is 7.65. The van der Waals surface area contributed by atoms with Crippen molar-refractivity contribution in [1.29, 1.82) is 0 Å². The minimum absolute atomic E-state index is 0.229. The van der Waals surface area contributed by atoms with Crippen LogP contribution in [0.4, 0.5) is 16.2 Å². The highest BCUT2D eigenvalue weighted by Gasteiger charge is 2.51. The first-order valence-electron chi connectivity index (χ1n) is 9.74. The zero-order valence-electron chi connectivity index (χ0n) is 16.8. The molecule has 0 aliphatic carbocycles. The summed E-state index contributed by atoms with van der Waals surface area (Å²) in [4.78, 5) is 27.5. The Balaban J connectivity index is 1.78. The first-order chi connectivity index (χ1) is 14.4. The predicted molar refractivity (Wildman–Crippen MR) is 116 cm³/mol. The smallest absolute Gasteiger partial charge is 0.329 e. The van der Waals surface area contributed by atoms with Gasteiger partial charge >= 0.3 is 6.03 Å². The van der Waals surface area contributed by atoms with Gasteiger partial charge in [0, 0.05) is 17.8 Å². The SMILES string of the molecule is Cc1ccc(N2C(=O)Nc3ccccc3C2(O)C(=O)NCc2ccccc2)cc1C. The molecule has 152 valence electrons. The molecule has 1 aliphatic rings. The lowest BCUT2D eigenvalue weighted by Gasteiger charge is -2.42. The van der Waals surface area contributed by atoms with E-state index < -0.39 is 17.7 Å². The molecular weight excluding hydrogens is 378 g/mol. The van der Waals surface area contributed by atoms with E-state index >= 15 is 0 Å². The van der Waals surface area contributed by atoms with Crippen molar-refractivity contribution in [3.8, 4) is 0 Å². The molecule has 6 heteroatoms.